The second kappa shape index (κ2) is 12.3. The number of carbonyl (C=O) groups excluding carboxylic acids is 2. The lowest BCUT2D eigenvalue weighted by molar-refractivity contribution is -0.143. The standard InChI is InChI=1S/C34H36FN3O2/c1-25(2)38(34(40)32-20-31(32)28-12-7-4-8-13-28)24-33(39)37(22-26-10-5-3-6-11-26)23-30-14-9-19-36(30)21-27-15-17-29(35)18-16-27/h3-19,25,31-32H,20-24H2,1-2H3/t31-,32?/m0/s1. The maximum absolute atomic E-state index is 13.9. The lowest BCUT2D eigenvalue weighted by Crippen LogP contribution is -2.46. The Morgan fingerprint density at radius 2 is 1.52 bits per heavy atom. The monoisotopic (exact) mass is 537 g/mol. The van der Waals surface area contributed by atoms with Gasteiger partial charge in [-0.3, -0.25) is 9.59 Å². The molecule has 6 heteroatoms. The summed E-state index contributed by atoms with van der Waals surface area (Å²) in [6, 6.07) is 30.4. The molecule has 5 rings (SSSR count). The van der Waals surface area contributed by atoms with Gasteiger partial charge in [0, 0.05) is 36.9 Å². The molecule has 206 valence electrons. The summed E-state index contributed by atoms with van der Waals surface area (Å²) in [4.78, 5) is 31.0. The molecule has 0 saturated heterocycles. The number of hydrogen-bond donors (Lipinski definition) is 0. The van der Waals surface area contributed by atoms with E-state index in [1.165, 1.54) is 17.7 Å². The molecule has 1 aliphatic carbocycles. The Bertz CT molecular complexity index is 1420. The Hall–Kier alpha value is -4.19. The third-order valence-electron chi connectivity index (χ3n) is 7.66. The maximum Gasteiger partial charge on any atom is 0.242 e. The maximum atomic E-state index is 13.9. The Balaban J connectivity index is 1.32. The summed E-state index contributed by atoms with van der Waals surface area (Å²) in [6.07, 6.45) is 2.80. The number of halogens is 1. The topological polar surface area (TPSA) is 45.6 Å². The molecule has 0 bridgehead atoms. The van der Waals surface area contributed by atoms with Crippen molar-refractivity contribution in [3.63, 3.8) is 0 Å². The van der Waals surface area contributed by atoms with Crippen molar-refractivity contribution in [2.45, 2.75) is 51.9 Å². The number of rotatable bonds is 11. The number of carbonyl (C=O) groups is 2. The zero-order valence-electron chi connectivity index (χ0n) is 23.1. The predicted octanol–water partition coefficient (Wildman–Crippen LogP) is 6.25. The third kappa shape index (κ3) is 6.68. The fourth-order valence-corrected chi connectivity index (χ4v) is 5.28. The van der Waals surface area contributed by atoms with Crippen molar-refractivity contribution in [3.8, 4) is 0 Å². The van der Waals surface area contributed by atoms with Gasteiger partial charge < -0.3 is 14.4 Å². The number of benzene rings is 3. The van der Waals surface area contributed by atoms with E-state index in [9.17, 15) is 14.0 Å². The van der Waals surface area contributed by atoms with Gasteiger partial charge in [0.2, 0.25) is 11.8 Å². The number of aromatic nitrogens is 1. The minimum Gasteiger partial charge on any atom is -0.345 e. The van der Waals surface area contributed by atoms with Crippen LogP contribution in [0, 0.1) is 11.7 Å². The first-order valence-corrected chi connectivity index (χ1v) is 13.9. The second-order valence-corrected chi connectivity index (χ2v) is 10.9. The van der Waals surface area contributed by atoms with Gasteiger partial charge >= 0.3 is 0 Å². The van der Waals surface area contributed by atoms with E-state index in [4.69, 9.17) is 0 Å². The first-order chi connectivity index (χ1) is 19.4. The van der Waals surface area contributed by atoms with Gasteiger partial charge in [-0.2, -0.15) is 0 Å². The van der Waals surface area contributed by atoms with Crippen LogP contribution in [0.3, 0.4) is 0 Å². The van der Waals surface area contributed by atoms with Gasteiger partial charge in [0.1, 0.15) is 12.4 Å². The van der Waals surface area contributed by atoms with E-state index < -0.39 is 0 Å². The van der Waals surface area contributed by atoms with Gasteiger partial charge in [0.25, 0.3) is 0 Å². The van der Waals surface area contributed by atoms with Crippen LogP contribution in [0.15, 0.2) is 103 Å². The summed E-state index contributed by atoms with van der Waals surface area (Å²) < 4.78 is 15.5. The van der Waals surface area contributed by atoms with E-state index >= 15 is 0 Å². The molecule has 3 aromatic carbocycles. The summed E-state index contributed by atoms with van der Waals surface area (Å²) in [5.41, 5.74) is 4.17. The van der Waals surface area contributed by atoms with Crippen LogP contribution in [-0.2, 0) is 29.2 Å². The fourth-order valence-electron chi connectivity index (χ4n) is 5.28. The number of nitrogens with zero attached hydrogens (tertiary/aromatic N) is 3. The third-order valence-corrected chi connectivity index (χ3v) is 7.66. The van der Waals surface area contributed by atoms with Crippen molar-refractivity contribution in [1.29, 1.82) is 0 Å². The Labute approximate surface area is 235 Å². The van der Waals surface area contributed by atoms with E-state index in [0.29, 0.717) is 19.6 Å². The fraction of sp³-hybridized carbons (Fsp3) is 0.294. The summed E-state index contributed by atoms with van der Waals surface area (Å²) in [5.74, 6) is -0.149. The van der Waals surface area contributed by atoms with Crippen LogP contribution in [0.25, 0.3) is 0 Å². The van der Waals surface area contributed by atoms with E-state index in [-0.39, 0.29) is 42.1 Å². The average Bonchev–Trinajstić information content (AvgIpc) is 3.66. The van der Waals surface area contributed by atoms with Crippen LogP contribution in [0.1, 0.15) is 48.6 Å². The van der Waals surface area contributed by atoms with Crippen LogP contribution in [0.5, 0.6) is 0 Å². The highest BCUT2D eigenvalue weighted by Crippen LogP contribution is 2.48. The highest BCUT2D eigenvalue weighted by atomic mass is 19.1. The van der Waals surface area contributed by atoms with Crippen molar-refractivity contribution >= 4 is 11.8 Å². The minimum absolute atomic E-state index is 0.0417. The normalized spacial score (nSPS) is 16.1. The molecule has 1 fully saturated rings. The minimum atomic E-state index is -0.262. The molecule has 5 nitrogen and oxygen atoms in total. The van der Waals surface area contributed by atoms with Gasteiger partial charge in [-0.15, -0.1) is 0 Å². The Morgan fingerprint density at radius 1 is 0.850 bits per heavy atom. The zero-order chi connectivity index (χ0) is 28.1. The van der Waals surface area contributed by atoms with Crippen LogP contribution in [0.2, 0.25) is 0 Å². The molecule has 1 heterocycles. The van der Waals surface area contributed by atoms with Crippen molar-refractivity contribution in [1.82, 2.24) is 14.4 Å². The smallest absolute Gasteiger partial charge is 0.242 e. The molecule has 1 saturated carbocycles. The highest BCUT2D eigenvalue weighted by molar-refractivity contribution is 5.88. The summed E-state index contributed by atoms with van der Waals surface area (Å²) >= 11 is 0. The lowest BCUT2D eigenvalue weighted by atomic mass is 10.1. The highest BCUT2D eigenvalue weighted by Gasteiger charge is 2.46. The largest absolute Gasteiger partial charge is 0.345 e. The number of hydrogen-bond acceptors (Lipinski definition) is 2. The van der Waals surface area contributed by atoms with Crippen molar-refractivity contribution in [2.24, 2.45) is 5.92 Å². The zero-order valence-corrected chi connectivity index (χ0v) is 23.1. The van der Waals surface area contributed by atoms with Crippen molar-refractivity contribution in [2.75, 3.05) is 6.54 Å². The predicted molar refractivity (Wildman–Crippen MR) is 155 cm³/mol. The lowest BCUT2D eigenvalue weighted by Gasteiger charge is -2.31. The molecule has 2 amide bonds. The average molecular weight is 538 g/mol. The van der Waals surface area contributed by atoms with Gasteiger partial charge in [-0.1, -0.05) is 72.8 Å². The Kier molecular flexibility index (Phi) is 8.44. The van der Waals surface area contributed by atoms with Crippen LogP contribution in [-0.4, -0.2) is 38.8 Å². The van der Waals surface area contributed by atoms with E-state index in [1.54, 1.807) is 17.0 Å². The molecule has 0 spiro atoms. The molecule has 1 aliphatic rings. The quantitative estimate of drug-likeness (QED) is 0.227. The molecule has 0 N–H and O–H groups in total. The molecule has 1 aromatic heterocycles. The van der Waals surface area contributed by atoms with Gasteiger partial charge in [-0.05, 0) is 67.1 Å². The van der Waals surface area contributed by atoms with Gasteiger partial charge in [0.15, 0.2) is 0 Å². The van der Waals surface area contributed by atoms with Gasteiger partial charge in [0.05, 0.1) is 6.54 Å². The van der Waals surface area contributed by atoms with Crippen LogP contribution >= 0.6 is 0 Å². The molecule has 4 aromatic rings. The van der Waals surface area contributed by atoms with E-state index in [2.05, 4.69) is 16.7 Å². The first kappa shape index (κ1) is 27.4. The molecule has 0 radical (unpaired) electrons. The summed E-state index contributed by atoms with van der Waals surface area (Å²) in [7, 11) is 0. The molecular formula is C34H36FN3O2. The molecule has 2 atom stereocenters. The summed E-state index contributed by atoms with van der Waals surface area (Å²) in [5, 5.41) is 0. The Morgan fingerprint density at radius 3 is 2.20 bits per heavy atom. The van der Waals surface area contributed by atoms with Gasteiger partial charge in [-0.25, -0.2) is 4.39 Å². The second-order valence-electron chi connectivity index (χ2n) is 10.9. The van der Waals surface area contributed by atoms with E-state index in [0.717, 1.165) is 23.2 Å². The van der Waals surface area contributed by atoms with E-state index in [1.807, 2.05) is 85.6 Å². The van der Waals surface area contributed by atoms with Crippen LogP contribution < -0.4 is 0 Å². The SMILES string of the molecule is CC(C)N(CC(=O)N(Cc1ccccc1)Cc1cccn1Cc1ccc(F)cc1)C(=O)C1C[C@H]1c1ccccc1. The molecule has 1 unspecified atom stereocenters. The molecular weight excluding hydrogens is 501 g/mol. The van der Waals surface area contributed by atoms with Crippen molar-refractivity contribution < 1.29 is 14.0 Å². The van der Waals surface area contributed by atoms with Crippen LogP contribution in [0.4, 0.5) is 4.39 Å². The first-order valence-electron chi connectivity index (χ1n) is 13.9. The molecule has 0 aliphatic heterocycles. The van der Waals surface area contributed by atoms with Crippen molar-refractivity contribution in [3.05, 3.63) is 131 Å². The summed E-state index contributed by atoms with van der Waals surface area (Å²) in [6.45, 7) is 5.41. The number of amides is 2. The molecule has 40 heavy (non-hydrogen) atoms.